The lowest BCUT2D eigenvalue weighted by Gasteiger charge is -2.26. The van der Waals surface area contributed by atoms with E-state index in [1.807, 2.05) is 27.7 Å². The van der Waals surface area contributed by atoms with Crippen LogP contribution < -0.4 is 9.46 Å². The third-order valence-corrected chi connectivity index (χ3v) is 5.54. The Morgan fingerprint density at radius 2 is 1.95 bits per heavy atom. The van der Waals surface area contributed by atoms with Crippen molar-refractivity contribution in [3.8, 4) is 5.06 Å². The van der Waals surface area contributed by atoms with E-state index in [1.54, 1.807) is 13.0 Å². The van der Waals surface area contributed by atoms with Crippen molar-refractivity contribution in [2.45, 2.75) is 51.6 Å². The fraction of sp³-hybridized carbons (Fsp3) is 0.692. The standard InChI is InChI=1S/C13H20F3NO2S2/c1-8-6-10(9(2)17-21(18)12(3,4)5)20-11(8)19-7-13(14,15)16/h6,9,17H,7H2,1-5H3. The summed E-state index contributed by atoms with van der Waals surface area (Å²) in [6.45, 7) is 7.76. The average molecular weight is 343 g/mol. The minimum Gasteiger partial charge on any atom is -0.598 e. The first-order chi connectivity index (χ1) is 9.40. The highest BCUT2D eigenvalue weighted by molar-refractivity contribution is 7.90. The molecule has 1 aromatic rings. The van der Waals surface area contributed by atoms with Gasteiger partial charge in [0.05, 0.1) is 6.04 Å². The molecule has 0 saturated carbocycles. The van der Waals surface area contributed by atoms with Crippen LogP contribution in [0.4, 0.5) is 13.2 Å². The summed E-state index contributed by atoms with van der Waals surface area (Å²) in [5.74, 6) is 0. The number of alkyl halides is 3. The van der Waals surface area contributed by atoms with Crippen LogP contribution in [0.15, 0.2) is 6.07 Å². The van der Waals surface area contributed by atoms with Gasteiger partial charge in [0.1, 0.15) is 4.75 Å². The lowest BCUT2D eigenvalue weighted by molar-refractivity contribution is -0.153. The Balaban J connectivity index is 2.72. The van der Waals surface area contributed by atoms with Crippen molar-refractivity contribution in [2.75, 3.05) is 6.61 Å². The molecule has 21 heavy (non-hydrogen) atoms. The van der Waals surface area contributed by atoms with Crippen molar-refractivity contribution < 1.29 is 22.5 Å². The summed E-state index contributed by atoms with van der Waals surface area (Å²) < 4.78 is 55.9. The van der Waals surface area contributed by atoms with Crippen molar-refractivity contribution in [3.63, 3.8) is 0 Å². The zero-order valence-electron chi connectivity index (χ0n) is 12.6. The maximum atomic E-state index is 12.2. The summed E-state index contributed by atoms with van der Waals surface area (Å²) in [5, 5.41) is 0.248. The Kier molecular flexibility index (Phi) is 5.99. The molecule has 0 radical (unpaired) electrons. The second-order valence-electron chi connectivity index (χ2n) is 5.74. The predicted molar refractivity (Wildman–Crippen MR) is 80.1 cm³/mol. The number of rotatable bonds is 5. The van der Waals surface area contributed by atoms with E-state index >= 15 is 0 Å². The Bertz CT molecular complexity index is 469. The molecule has 122 valence electrons. The van der Waals surface area contributed by atoms with Crippen molar-refractivity contribution in [1.82, 2.24) is 4.72 Å². The van der Waals surface area contributed by atoms with Gasteiger partial charge in [-0.25, -0.2) is 0 Å². The number of ether oxygens (including phenoxy) is 1. The van der Waals surface area contributed by atoms with Crippen LogP contribution in [0.2, 0.25) is 0 Å². The largest absolute Gasteiger partial charge is 0.598 e. The zero-order chi connectivity index (χ0) is 16.4. The average Bonchev–Trinajstić information content (AvgIpc) is 2.66. The van der Waals surface area contributed by atoms with Crippen LogP contribution in [-0.2, 0) is 11.4 Å². The monoisotopic (exact) mass is 343 g/mol. The molecular formula is C13H20F3NO2S2. The van der Waals surface area contributed by atoms with Gasteiger partial charge in [0.2, 0.25) is 0 Å². The van der Waals surface area contributed by atoms with Gasteiger partial charge in [-0.15, -0.1) is 16.1 Å². The van der Waals surface area contributed by atoms with Crippen LogP contribution in [0, 0.1) is 6.92 Å². The van der Waals surface area contributed by atoms with Crippen LogP contribution in [0.1, 0.15) is 44.2 Å². The first-order valence-electron chi connectivity index (χ1n) is 6.38. The van der Waals surface area contributed by atoms with Gasteiger partial charge in [-0.3, -0.25) is 0 Å². The lowest BCUT2D eigenvalue weighted by Crippen LogP contribution is -2.40. The maximum Gasteiger partial charge on any atom is 0.422 e. The quantitative estimate of drug-likeness (QED) is 0.818. The molecule has 0 aliphatic rings. The molecule has 1 rings (SSSR count). The second-order valence-corrected chi connectivity index (χ2v) is 8.79. The molecule has 0 fully saturated rings. The highest BCUT2D eigenvalue weighted by Gasteiger charge is 2.31. The summed E-state index contributed by atoms with van der Waals surface area (Å²) >= 11 is -0.105. The molecule has 1 N–H and O–H groups in total. The minimum atomic E-state index is -4.35. The highest BCUT2D eigenvalue weighted by atomic mass is 32.2. The molecule has 1 aromatic heterocycles. The Hall–Kier alpha value is -0.440. The van der Waals surface area contributed by atoms with Gasteiger partial charge in [-0.2, -0.15) is 13.2 Å². The molecular weight excluding hydrogens is 323 g/mol. The van der Waals surface area contributed by atoms with Gasteiger partial charge in [-0.05, 0) is 40.7 Å². The first-order valence-corrected chi connectivity index (χ1v) is 8.34. The van der Waals surface area contributed by atoms with Crippen molar-refractivity contribution in [1.29, 1.82) is 0 Å². The number of hydrogen-bond acceptors (Lipinski definition) is 4. The third kappa shape index (κ3) is 6.06. The molecule has 0 aliphatic heterocycles. The van der Waals surface area contributed by atoms with Crippen molar-refractivity contribution in [3.05, 3.63) is 16.5 Å². The van der Waals surface area contributed by atoms with Crippen molar-refractivity contribution >= 4 is 22.7 Å². The van der Waals surface area contributed by atoms with Crippen LogP contribution in [0.5, 0.6) is 5.06 Å². The fourth-order valence-corrected chi connectivity index (χ4v) is 3.29. The smallest absolute Gasteiger partial charge is 0.422 e. The van der Waals surface area contributed by atoms with E-state index < -0.39 is 28.9 Å². The van der Waals surface area contributed by atoms with E-state index in [9.17, 15) is 17.7 Å². The van der Waals surface area contributed by atoms with Gasteiger partial charge in [0, 0.05) is 21.8 Å². The summed E-state index contributed by atoms with van der Waals surface area (Å²) in [6, 6.07) is 1.53. The van der Waals surface area contributed by atoms with Gasteiger partial charge in [0.15, 0.2) is 11.7 Å². The zero-order valence-corrected chi connectivity index (χ0v) is 14.3. The van der Waals surface area contributed by atoms with Crippen molar-refractivity contribution in [2.24, 2.45) is 0 Å². The van der Waals surface area contributed by atoms with E-state index in [2.05, 4.69) is 4.72 Å². The lowest BCUT2D eigenvalue weighted by atomic mass is 10.2. The maximum absolute atomic E-state index is 12.2. The second kappa shape index (κ2) is 6.76. The van der Waals surface area contributed by atoms with Gasteiger partial charge in [-0.1, -0.05) is 0 Å². The Morgan fingerprint density at radius 3 is 2.43 bits per heavy atom. The molecule has 2 atom stereocenters. The molecule has 1 heterocycles. The molecule has 2 unspecified atom stereocenters. The van der Waals surface area contributed by atoms with E-state index in [-0.39, 0.29) is 11.1 Å². The normalized spacial score (nSPS) is 15.9. The highest BCUT2D eigenvalue weighted by Crippen LogP contribution is 2.35. The van der Waals surface area contributed by atoms with Crippen LogP contribution in [0.25, 0.3) is 0 Å². The molecule has 0 amide bonds. The van der Waals surface area contributed by atoms with Gasteiger partial charge < -0.3 is 9.29 Å². The van der Waals surface area contributed by atoms with Crippen LogP contribution >= 0.6 is 11.3 Å². The fourth-order valence-electron chi connectivity index (χ4n) is 1.39. The summed E-state index contributed by atoms with van der Waals surface area (Å²) in [5.41, 5.74) is 0.648. The molecule has 0 aromatic carbocycles. The Labute approximate surface area is 130 Å². The van der Waals surface area contributed by atoms with E-state index in [1.165, 1.54) is 0 Å². The Morgan fingerprint density at radius 1 is 1.38 bits per heavy atom. The number of nitrogens with one attached hydrogen (secondary N) is 1. The van der Waals surface area contributed by atoms with E-state index in [0.717, 1.165) is 16.2 Å². The molecule has 0 saturated heterocycles. The minimum absolute atomic E-state index is 0.225. The summed E-state index contributed by atoms with van der Waals surface area (Å²) in [4.78, 5) is 0.794. The van der Waals surface area contributed by atoms with Crippen LogP contribution in [0.3, 0.4) is 0 Å². The number of thiophene rings is 1. The third-order valence-electron chi connectivity index (χ3n) is 2.52. The number of halogens is 3. The topological polar surface area (TPSA) is 44.3 Å². The summed E-state index contributed by atoms with van der Waals surface area (Å²) in [6.07, 6.45) is -4.35. The number of hydrogen-bond donors (Lipinski definition) is 1. The predicted octanol–water partition coefficient (Wildman–Crippen LogP) is 4.11. The summed E-state index contributed by atoms with van der Waals surface area (Å²) in [7, 11) is 0. The van der Waals surface area contributed by atoms with Gasteiger partial charge in [0.25, 0.3) is 0 Å². The molecule has 0 bridgehead atoms. The molecule has 3 nitrogen and oxygen atoms in total. The SMILES string of the molecule is Cc1cc(C(C)N[S+]([O-])C(C)(C)C)sc1OCC(F)(F)F. The molecule has 0 aliphatic carbocycles. The molecule has 8 heteroatoms. The van der Waals surface area contributed by atoms with Gasteiger partial charge >= 0.3 is 6.18 Å². The number of aryl methyl sites for hydroxylation is 1. The van der Waals surface area contributed by atoms with Crippen LogP contribution in [-0.4, -0.2) is 22.1 Å². The first kappa shape index (κ1) is 18.6. The van der Waals surface area contributed by atoms with E-state index in [0.29, 0.717) is 5.56 Å². The molecule has 0 spiro atoms. The van der Waals surface area contributed by atoms with E-state index in [4.69, 9.17) is 4.74 Å².